The highest BCUT2D eigenvalue weighted by Gasteiger charge is 2.16. The summed E-state index contributed by atoms with van der Waals surface area (Å²) in [5.41, 5.74) is 2.16. The molecule has 1 heterocycles. The first-order valence-corrected chi connectivity index (χ1v) is 10.0. The molecule has 2 aromatic carbocycles. The van der Waals surface area contributed by atoms with E-state index in [-0.39, 0.29) is 16.9 Å². The third kappa shape index (κ3) is 5.00. The lowest BCUT2D eigenvalue weighted by atomic mass is 9.87. The molecular weight excluding hydrogens is 394 g/mol. The van der Waals surface area contributed by atoms with Crippen molar-refractivity contribution in [3.05, 3.63) is 59.7 Å². The van der Waals surface area contributed by atoms with E-state index in [2.05, 4.69) is 48.4 Å². The Labute approximate surface area is 172 Å². The number of benzene rings is 2. The van der Waals surface area contributed by atoms with Gasteiger partial charge in [0.05, 0.1) is 11.4 Å². The largest absolute Gasteiger partial charge is 0.323 e. The zero-order valence-corrected chi connectivity index (χ0v) is 17.5. The van der Waals surface area contributed by atoms with Crippen LogP contribution in [0.15, 0.2) is 47.6 Å². The van der Waals surface area contributed by atoms with E-state index in [1.165, 1.54) is 23.4 Å². The summed E-state index contributed by atoms with van der Waals surface area (Å²) in [6.07, 6.45) is 0. The van der Waals surface area contributed by atoms with Gasteiger partial charge in [-0.15, -0.1) is 10.2 Å². The monoisotopic (exact) mass is 416 g/mol. The van der Waals surface area contributed by atoms with Gasteiger partial charge in [-0.05, 0) is 23.1 Å². The van der Waals surface area contributed by atoms with Gasteiger partial charge in [0.1, 0.15) is 11.6 Å². The topological polar surface area (TPSA) is 59.8 Å². The summed E-state index contributed by atoms with van der Waals surface area (Å²) in [6.45, 7) is 6.46. The maximum absolute atomic E-state index is 13.6. The molecule has 5 nitrogen and oxygen atoms in total. The van der Waals surface area contributed by atoms with E-state index in [0.29, 0.717) is 11.0 Å². The van der Waals surface area contributed by atoms with E-state index in [1.54, 1.807) is 0 Å². The van der Waals surface area contributed by atoms with Crippen molar-refractivity contribution in [2.45, 2.75) is 31.3 Å². The van der Waals surface area contributed by atoms with Crippen molar-refractivity contribution >= 4 is 23.4 Å². The molecule has 152 valence electrons. The molecule has 0 bridgehead atoms. The van der Waals surface area contributed by atoms with Gasteiger partial charge >= 0.3 is 0 Å². The molecule has 0 atom stereocenters. The number of aromatic nitrogens is 3. The van der Waals surface area contributed by atoms with Crippen LogP contribution in [-0.2, 0) is 17.3 Å². The van der Waals surface area contributed by atoms with Crippen molar-refractivity contribution in [3.8, 4) is 11.4 Å². The quantitative estimate of drug-likeness (QED) is 0.608. The van der Waals surface area contributed by atoms with Crippen LogP contribution < -0.4 is 5.32 Å². The number of carbonyl (C=O) groups excluding carboxylic acids is 1. The predicted octanol–water partition coefficient (Wildman–Crippen LogP) is 4.79. The van der Waals surface area contributed by atoms with Gasteiger partial charge in [-0.1, -0.05) is 56.8 Å². The molecule has 0 saturated carbocycles. The third-order valence-electron chi connectivity index (χ3n) is 4.38. The number of hydrogen-bond acceptors (Lipinski definition) is 4. The van der Waals surface area contributed by atoms with Gasteiger partial charge in [0.25, 0.3) is 0 Å². The first-order chi connectivity index (χ1) is 13.6. The number of rotatable bonds is 5. The van der Waals surface area contributed by atoms with E-state index in [1.807, 2.05) is 23.7 Å². The van der Waals surface area contributed by atoms with Gasteiger partial charge in [0.2, 0.25) is 5.91 Å². The fourth-order valence-electron chi connectivity index (χ4n) is 2.72. The lowest BCUT2D eigenvalue weighted by Crippen LogP contribution is -2.15. The Morgan fingerprint density at radius 1 is 1.10 bits per heavy atom. The van der Waals surface area contributed by atoms with Gasteiger partial charge in [0, 0.05) is 18.7 Å². The average Bonchev–Trinajstić information content (AvgIpc) is 3.02. The molecule has 3 aromatic rings. The number of amides is 1. The Bertz CT molecular complexity index is 1030. The van der Waals surface area contributed by atoms with Crippen LogP contribution in [0.3, 0.4) is 0 Å². The Hall–Kier alpha value is -2.74. The minimum absolute atomic E-state index is 0.0196. The predicted molar refractivity (Wildman–Crippen MR) is 111 cm³/mol. The van der Waals surface area contributed by atoms with Crippen LogP contribution in [0.25, 0.3) is 11.4 Å². The average molecular weight is 416 g/mol. The minimum atomic E-state index is -0.817. The summed E-state index contributed by atoms with van der Waals surface area (Å²) in [5.74, 6) is -1.22. The Balaban J connectivity index is 1.66. The molecule has 0 unspecified atom stereocenters. The third-order valence-corrected chi connectivity index (χ3v) is 5.40. The number of nitrogens with zero attached hydrogens (tertiary/aromatic N) is 3. The molecule has 0 fully saturated rings. The summed E-state index contributed by atoms with van der Waals surface area (Å²) in [5, 5.41) is 11.4. The van der Waals surface area contributed by atoms with Crippen molar-refractivity contribution in [2.75, 3.05) is 11.1 Å². The van der Waals surface area contributed by atoms with Gasteiger partial charge in [0.15, 0.2) is 11.0 Å². The van der Waals surface area contributed by atoms with Gasteiger partial charge in [-0.25, -0.2) is 8.78 Å². The van der Waals surface area contributed by atoms with Gasteiger partial charge in [-0.3, -0.25) is 4.79 Å². The summed E-state index contributed by atoms with van der Waals surface area (Å²) in [7, 11) is 1.83. The summed E-state index contributed by atoms with van der Waals surface area (Å²) in [6, 6.07) is 11.2. The highest BCUT2D eigenvalue weighted by Crippen LogP contribution is 2.27. The molecule has 0 aliphatic heterocycles. The van der Waals surface area contributed by atoms with E-state index in [9.17, 15) is 13.6 Å². The van der Waals surface area contributed by atoms with E-state index < -0.39 is 17.5 Å². The van der Waals surface area contributed by atoms with Gasteiger partial charge < -0.3 is 9.88 Å². The molecule has 3 rings (SSSR count). The minimum Gasteiger partial charge on any atom is -0.323 e. The second-order valence-corrected chi connectivity index (χ2v) is 8.60. The molecule has 0 spiro atoms. The van der Waals surface area contributed by atoms with Crippen LogP contribution in [-0.4, -0.2) is 26.4 Å². The standard InChI is InChI=1S/C21H22F2N4OS/c1-21(2,3)14-7-5-13(6-8-14)19-25-26-20(27(19)4)29-12-18(28)24-17-10-9-15(22)11-16(17)23/h5-11H,12H2,1-4H3,(H,24,28). The van der Waals surface area contributed by atoms with E-state index >= 15 is 0 Å². The normalized spacial score (nSPS) is 11.5. The van der Waals surface area contributed by atoms with Crippen molar-refractivity contribution in [1.29, 1.82) is 0 Å². The molecule has 0 aliphatic rings. The van der Waals surface area contributed by atoms with Crippen molar-refractivity contribution in [3.63, 3.8) is 0 Å². The van der Waals surface area contributed by atoms with Crippen LogP contribution in [0.2, 0.25) is 0 Å². The Morgan fingerprint density at radius 2 is 1.79 bits per heavy atom. The van der Waals surface area contributed by atoms with E-state index in [4.69, 9.17) is 0 Å². The second kappa shape index (κ2) is 8.32. The lowest BCUT2D eigenvalue weighted by Gasteiger charge is -2.19. The molecule has 0 saturated heterocycles. The van der Waals surface area contributed by atoms with Crippen LogP contribution in [0.1, 0.15) is 26.3 Å². The number of nitrogens with one attached hydrogen (secondary N) is 1. The SMILES string of the molecule is Cn1c(SCC(=O)Nc2ccc(F)cc2F)nnc1-c1ccc(C(C)(C)C)cc1. The maximum atomic E-state index is 13.6. The summed E-state index contributed by atoms with van der Waals surface area (Å²) >= 11 is 1.19. The fraction of sp³-hybridized carbons (Fsp3) is 0.286. The zero-order valence-electron chi connectivity index (χ0n) is 16.7. The number of halogens is 2. The zero-order chi connectivity index (χ0) is 21.2. The summed E-state index contributed by atoms with van der Waals surface area (Å²) in [4.78, 5) is 12.1. The van der Waals surface area contributed by atoms with Crippen molar-refractivity contribution in [2.24, 2.45) is 7.05 Å². The molecular formula is C21H22F2N4OS. The number of carbonyl (C=O) groups is 1. The molecule has 0 radical (unpaired) electrons. The van der Waals surface area contributed by atoms with E-state index in [0.717, 1.165) is 17.7 Å². The van der Waals surface area contributed by atoms with Crippen LogP contribution in [0.4, 0.5) is 14.5 Å². The molecule has 29 heavy (non-hydrogen) atoms. The highest BCUT2D eigenvalue weighted by atomic mass is 32.2. The number of hydrogen-bond donors (Lipinski definition) is 1. The van der Waals surface area contributed by atoms with Crippen LogP contribution >= 0.6 is 11.8 Å². The first-order valence-electron chi connectivity index (χ1n) is 9.03. The lowest BCUT2D eigenvalue weighted by molar-refractivity contribution is -0.113. The molecule has 1 amide bonds. The Morgan fingerprint density at radius 3 is 2.41 bits per heavy atom. The Kier molecular flexibility index (Phi) is 6.02. The molecule has 1 N–H and O–H groups in total. The molecule has 0 aliphatic carbocycles. The van der Waals surface area contributed by atoms with Crippen LogP contribution in [0, 0.1) is 11.6 Å². The van der Waals surface area contributed by atoms with Crippen molar-refractivity contribution in [1.82, 2.24) is 14.8 Å². The number of thioether (sulfide) groups is 1. The molecule has 1 aromatic heterocycles. The van der Waals surface area contributed by atoms with Gasteiger partial charge in [-0.2, -0.15) is 0 Å². The summed E-state index contributed by atoms with van der Waals surface area (Å²) < 4.78 is 28.4. The maximum Gasteiger partial charge on any atom is 0.234 e. The number of anilines is 1. The fourth-order valence-corrected chi connectivity index (χ4v) is 3.43. The highest BCUT2D eigenvalue weighted by molar-refractivity contribution is 7.99. The first kappa shape index (κ1) is 21.0. The second-order valence-electron chi connectivity index (χ2n) is 7.65. The molecule has 8 heteroatoms. The van der Waals surface area contributed by atoms with Crippen LogP contribution in [0.5, 0.6) is 0 Å². The smallest absolute Gasteiger partial charge is 0.234 e. The van der Waals surface area contributed by atoms with Crippen molar-refractivity contribution < 1.29 is 13.6 Å².